The minimum Gasteiger partial charge on any atom is -0.490 e. The maximum Gasteiger partial charge on any atom is 0.175 e. The molecule has 0 saturated heterocycles. The molecule has 0 amide bonds. The number of ketones is 2. The summed E-state index contributed by atoms with van der Waals surface area (Å²) < 4.78 is 6.87. The third-order valence-corrected chi connectivity index (χ3v) is 8.72. The van der Waals surface area contributed by atoms with Gasteiger partial charge in [-0.15, -0.1) is 0 Å². The van der Waals surface area contributed by atoms with Gasteiger partial charge in [0.2, 0.25) is 0 Å². The van der Waals surface area contributed by atoms with Crippen molar-refractivity contribution in [2.75, 3.05) is 0 Å². The van der Waals surface area contributed by atoms with Crippen LogP contribution in [0.25, 0.3) is 0 Å². The van der Waals surface area contributed by atoms with Gasteiger partial charge in [0.25, 0.3) is 0 Å². The monoisotopic (exact) mass is 372 g/mol. The molecule has 4 atom stereocenters. The average molecular weight is 373 g/mol. The van der Waals surface area contributed by atoms with Crippen LogP contribution in [0.2, 0.25) is 0 Å². The van der Waals surface area contributed by atoms with Crippen LogP contribution >= 0.6 is 0 Å². The summed E-state index contributed by atoms with van der Waals surface area (Å²) in [4.78, 5) is 26.6. The Bertz CT molecular complexity index is 737. The van der Waals surface area contributed by atoms with Gasteiger partial charge in [-0.3, -0.25) is 9.59 Å². The Balaban J connectivity index is 1.85. The first-order chi connectivity index (χ1) is 12.4. The van der Waals surface area contributed by atoms with E-state index >= 15 is 0 Å². The Kier molecular flexibility index (Phi) is 3.90. The van der Waals surface area contributed by atoms with Crippen LogP contribution in [-0.2, 0) is 14.3 Å². The molecular weight excluding hydrogens is 336 g/mol. The van der Waals surface area contributed by atoms with E-state index in [9.17, 15) is 9.59 Å². The Labute approximate surface area is 164 Å². The second-order valence-electron chi connectivity index (χ2n) is 11.4. The highest BCUT2D eigenvalue weighted by Gasteiger charge is 2.66. The van der Waals surface area contributed by atoms with Crippen molar-refractivity contribution in [3.05, 3.63) is 11.3 Å². The minimum atomic E-state index is -0.949. The molecule has 5 rings (SSSR count). The molecule has 150 valence electrons. The molecule has 2 bridgehead atoms. The summed E-state index contributed by atoms with van der Waals surface area (Å²) in [6.45, 7) is 14.5. The summed E-state index contributed by atoms with van der Waals surface area (Å²) in [6.07, 6.45) is 6.53. The number of allylic oxidation sites excluding steroid dienone is 2. The number of rotatable bonds is 2. The van der Waals surface area contributed by atoms with Crippen molar-refractivity contribution in [1.82, 2.24) is 0 Å². The van der Waals surface area contributed by atoms with Crippen LogP contribution in [-0.4, -0.2) is 17.2 Å². The highest BCUT2D eigenvalue weighted by Crippen LogP contribution is 2.68. The lowest BCUT2D eigenvalue weighted by Crippen LogP contribution is -2.65. The molecule has 1 aliphatic heterocycles. The number of carbonyl (C=O) groups excluding carboxylic acids is 2. The predicted octanol–water partition coefficient (Wildman–Crippen LogP) is 5.48. The molecule has 1 spiro atoms. The molecule has 3 nitrogen and oxygen atoms in total. The average Bonchev–Trinajstić information content (AvgIpc) is 2.59. The quantitative estimate of drug-likeness (QED) is 0.603. The normalized spacial score (nSPS) is 41.1. The molecule has 0 aromatic heterocycles. The fourth-order valence-electron chi connectivity index (χ4n) is 7.03. The van der Waals surface area contributed by atoms with Gasteiger partial charge in [-0.25, -0.2) is 0 Å². The molecule has 3 saturated carbocycles. The van der Waals surface area contributed by atoms with Gasteiger partial charge in [0.1, 0.15) is 11.4 Å². The van der Waals surface area contributed by atoms with Crippen LogP contribution in [0.1, 0.15) is 87.0 Å². The summed E-state index contributed by atoms with van der Waals surface area (Å²) in [5.74, 6) is 2.31. The number of hydrogen-bond donors (Lipinski definition) is 0. The van der Waals surface area contributed by atoms with Crippen molar-refractivity contribution in [2.24, 2.45) is 34.0 Å². The molecule has 0 N–H and O–H groups in total. The van der Waals surface area contributed by atoms with Gasteiger partial charge in [-0.05, 0) is 77.0 Å². The molecule has 0 aromatic rings. The summed E-state index contributed by atoms with van der Waals surface area (Å²) in [6, 6.07) is 0. The van der Waals surface area contributed by atoms with Crippen molar-refractivity contribution in [1.29, 1.82) is 0 Å². The van der Waals surface area contributed by atoms with Crippen molar-refractivity contribution in [3.8, 4) is 0 Å². The third kappa shape index (κ3) is 2.26. The SMILES string of the molecule is CCC[C@@H]1C[C@@]2(CC[C@H]3C[C@@H]2C3(C)C)OC2=C1C(=O)C(C)(C)C(=O)C2(C)C. The number of hydrogen-bond acceptors (Lipinski definition) is 3. The van der Waals surface area contributed by atoms with E-state index in [-0.39, 0.29) is 23.1 Å². The molecule has 27 heavy (non-hydrogen) atoms. The van der Waals surface area contributed by atoms with Crippen LogP contribution < -0.4 is 0 Å². The van der Waals surface area contributed by atoms with Gasteiger partial charge in [-0.1, -0.05) is 27.2 Å². The maximum absolute atomic E-state index is 13.4. The van der Waals surface area contributed by atoms with Crippen LogP contribution in [0.4, 0.5) is 0 Å². The predicted molar refractivity (Wildman–Crippen MR) is 106 cm³/mol. The second-order valence-corrected chi connectivity index (χ2v) is 11.4. The highest BCUT2D eigenvalue weighted by atomic mass is 16.5. The van der Waals surface area contributed by atoms with Crippen molar-refractivity contribution in [3.63, 3.8) is 0 Å². The molecule has 0 radical (unpaired) electrons. The summed E-state index contributed by atoms with van der Waals surface area (Å²) in [5, 5.41) is 0. The first kappa shape index (κ1) is 19.2. The molecule has 4 aliphatic carbocycles. The second kappa shape index (κ2) is 5.48. The van der Waals surface area contributed by atoms with Crippen molar-refractivity contribution < 1.29 is 14.3 Å². The van der Waals surface area contributed by atoms with E-state index in [1.807, 2.05) is 13.8 Å². The van der Waals surface area contributed by atoms with Gasteiger partial charge in [0.15, 0.2) is 11.6 Å². The van der Waals surface area contributed by atoms with Crippen LogP contribution in [0.3, 0.4) is 0 Å². The van der Waals surface area contributed by atoms with Crippen LogP contribution in [0, 0.1) is 34.0 Å². The van der Waals surface area contributed by atoms with Gasteiger partial charge in [0.05, 0.1) is 10.8 Å². The zero-order chi connectivity index (χ0) is 20.0. The van der Waals surface area contributed by atoms with E-state index in [0.29, 0.717) is 11.3 Å². The lowest BCUT2D eigenvalue weighted by Gasteiger charge is -2.67. The minimum absolute atomic E-state index is 0.00704. The van der Waals surface area contributed by atoms with Gasteiger partial charge >= 0.3 is 0 Å². The zero-order valence-electron chi connectivity index (χ0n) is 18.2. The van der Waals surface area contributed by atoms with Gasteiger partial charge < -0.3 is 4.74 Å². The van der Waals surface area contributed by atoms with Gasteiger partial charge in [-0.2, -0.15) is 0 Å². The molecule has 1 heterocycles. The highest BCUT2D eigenvalue weighted by molar-refractivity contribution is 6.19. The van der Waals surface area contributed by atoms with E-state index in [4.69, 9.17) is 4.74 Å². The molecular formula is C24H36O3. The summed E-state index contributed by atoms with van der Waals surface area (Å²) in [5.41, 5.74) is -0.710. The number of ether oxygens (including phenoxy) is 1. The zero-order valence-corrected chi connectivity index (χ0v) is 18.2. The van der Waals surface area contributed by atoms with E-state index in [0.717, 1.165) is 42.9 Å². The fraction of sp³-hybridized carbons (Fsp3) is 0.833. The van der Waals surface area contributed by atoms with E-state index < -0.39 is 10.8 Å². The van der Waals surface area contributed by atoms with E-state index in [1.165, 1.54) is 12.8 Å². The van der Waals surface area contributed by atoms with E-state index in [2.05, 4.69) is 20.8 Å². The number of fused-ring (bicyclic) bond motifs is 1. The van der Waals surface area contributed by atoms with Gasteiger partial charge in [0, 0.05) is 11.5 Å². The fourth-order valence-corrected chi connectivity index (χ4v) is 7.03. The molecule has 3 fully saturated rings. The third-order valence-electron chi connectivity index (χ3n) is 8.72. The lowest BCUT2D eigenvalue weighted by atomic mass is 9.42. The largest absolute Gasteiger partial charge is 0.490 e. The van der Waals surface area contributed by atoms with Crippen molar-refractivity contribution in [2.45, 2.75) is 92.6 Å². The molecule has 5 aliphatic rings. The molecule has 0 unspecified atom stereocenters. The Morgan fingerprint density at radius 2 is 1.70 bits per heavy atom. The first-order valence-corrected chi connectivity index (χ1v) is 10.9. The number of Topliss-reactive ketones (excluding diaryl/α,β-unsaturated/α-hetero) is 2. The summed E-state index contributed by atoms with van der Waals surface area (Å²) in [7, 11) is 0. The van der Waals surface area contributed by atoms with Crippen LogP contribution in [0.5, 0.6) is 0 Å². The Morgan fingerprint density at radius 1 is 1.04 bits per heavy atom. The Morgan fingerprint density at radius 3 is 2.26 bits per heavy atom. The standard InChI is InChI=1S/C24H36O3/c1-8-9-14-13-24(11-10-15-12-16(24)21(15,2)3)27-19-17(14)18(25)22(4,5)20(26)23(19,6)7/h14-16H,8-13H2,1-7H3/t14-,15+,16-,24-/m1/s1. The lowest BCUT2D eigenvalue weighted by molar-refractivity contribution is -0.230. The summed E-state index contributed by atoms with van der Waals surface area (Å²) >= 11 is 0. The maximum atomic E-state index is 13.4. The topological polar surface area (TPSA) is 43.4 Å². The van der Waals surface area contributed by atoms with Crippen LogP contribution in [0.15, 0.2) is 11.3 Å². The smallest absolute Gasteiger partial charge is 0.175 e. The first-order valence-electron chi connectivity index (χ1n) is 10.9. The molecule has 3 heteroatoms. The van der Waals surface area contributed by atoms with Crippen molar-refractivity contribution >= 4 is 11.6 Å². The Hall–Kier alpha value is -1.12. The number of carbonyl (C=O) groups is 2. The molecule has 0 aromatic carbocycles. The van der Waals surface area contributed by atoms with E-state index in [1.54, 1.807) is 13.8 Å².